The third-order valence-electron chi connectivity index (χ3n) is 3.02. The van der Waals surface area contributed by atoms with Crippen LogP contribution in [0, 0.1) is 5.92 Å². The summed E-state index contributed by atoms with van der Waals surface area (Å²) in [6.45, 7) is 5.77. The van der Waals surface area contributed by atoms with Crippen molar-refractivity contribution in [3.05, 3.63) is 0 Å². The van der Waals surface area contributed by atoms with E-state index >= 15 is 0 Å². The number of halogens is 1. The van der Waals surface area contributed by atoms with E-state index in [1.54, 1.807) is 0 Å². The lowest BCUT2D eigenvalue weighted by atomic mass is 10.1. The number of hydrogen-bond donors (Lipinski definition) is 2. The van der Waals surface area contributed by atoms with Gasteiger partial charge >= 0.3 is 0 Å². The van der Waals surface area contributed by atoms with Crippen LogP contribution >= 0.6 is 12.4 Å². The first-order valence-electron chi connectivity index (χ1n) is 5.78. The van der Waals surface area contributed by atoms with Gasteiger partial charge in [-0.25, -0.2) is 13.1 Å². The summed E-state index contributed by atoms with van der Waals surface area (Å²) in [5.74, 6) is 0.563. The van der Waals surface area contributed by atoms with Crippen LogP contribution in [0.5, 0.6) is 0 Å². The molecule has 1 rings (SSSR count). The third-order valence-corrected chi connectivity index (χ3v) is 4.62. The largest absolute Gasteiger partial charge is 0.315 e. The Morgan fingerprint density at radius 2 is 2.00 bits per heavy atom. The fraction of sp³-hybridized carbons (Fsp3) is 1.00. The summed E-state index contributed by atoms with van der Waals surface area (Å²) in [5.41, 5.74) is 0. The van der Waals surface area contributed by atoms with Crippen molar-refractivity contribution in [3.8, 4) is 0 Å². The first-order valence-corrected chi connectivity index (χ1v) is 7.43. The van der Waals surface area contributed by atoms with Crippen LogP contribution in [0.4, 0.5) is 0 Å². The molecule has 1 aliphatic rings. The van der Waals surface area contributed by atoms with Crippen molar-refractivity contribution in [2.24, 2.45) is 5.92 Å². The number of hydrogen-bond acceptors (Lipinski definition) is 3. The maximum absolute atomic E-state index is 11.8. The van der Waals surface area contributed by atoms with Crippen LogP contribution in [0.2, 0.25) is 0 Å². The molecule has 98 valence electrons. The van der Waals surface area contributed by atoms with E-state index in [1.807, 2.05) is 13.8 Å². The van der Waals surface area contributed by atoms with E-state index in [-0.39, 0.29) is 30.1 Å². The summed E-state index contributed by atoms with van der Waals surface area (Å²) in [6, 6.07) is 0.101. The molecule has 1 atom stereocenters. The van der Waals surface area contributed by atoms with Crippen LogP contribution in [0.25, 0.3) is 0 Å². The van der Waals surface area contributed by atoms with Crippen LogP contribution in [0.3, 0.4) is 0 Å². The molecule has 0 aliphatic carbocycles. The number of nitrogens with one attached hydrogen (secondary N) is 2. The zero-order valence-electron chi connectivity index (χ0n) is 10.0. The smallest absolute Gasteiger partial charge is 0.212 e. The zero-order chi connectivity index (χ0) is 11.3. The molecule has 2 N–H and O–H groups in total. The average molecular weight is 271 g/mol. The van der Waals surface area contributed by atoms with Gasteiger partial charge in [-0.05, 0) is 18.9 Å². The molecule has 0 saturated carbocycles. The van der Waals surface area contributed by atoms with E-state index in [9.17, 15) is 8.42 Å². The van der Waals surface area contributed by atoms with E-state index < -0.39 is 10.0 Å². The van der Waals surface area contributed by atoms with Crippen molar-refractivity contribution in [3.63, 3.8) is 0 Å². The Balaban J connectivity index is 0.00000225. The van der Waals surface area contributed by atoms with Gasteiger partial charge in [-0.3, -0.25) is 0 Å². The Morgan fingerprint density at radius 1 is 1.38 bits per heavy atom. The van der Waals surface area contributed by atoms with Crippen molar-refractivity contribution >= 4 is 22.4 Å². The van der Waals surface area contributed by atoms with Gasteiger partial charge in [0.25, 0.3) is 0 Å². The summed E-state index contributed by atoms with van der Waals surface area (Å²) in [5, 5.41) is 3.15. The Morgan fingerprint density at radius 3 is 2.44 bits per heavy atom. The van der Waals surface area contributed by atoms with E-state index in [2.05, 4.69) is 10.0 Å². The molecular formula is C10H23ClN2O2S. The minimum Gasteiger partial charge on any atom is -0.315 e. The van der Waals surface area contributed by atoms with Crippen LogP contribution in [0.1, 0.15) is 33.1 Å². The van der Waals surface area contributed by atoms with E-state index in [4.69, 9.17) is 0 Å². The molecule has 0 spiro atoms. The van der Waals surface area contributed by atoms with Gasteiger partial charge in [-0.2, -0.15) is 0 Å². The molecule has 1 aliphatic heterocycles. The molecule has 16 heavy (non-hydrogen) atoms. The van der Waals surface area contributed by atoms with Crippen LogP contribution in [0.15, 0.2) is 0 Å². The highest BCUT2D eigenvalue weighted by atomic mass is 35.5. The second-order valence-corrected chi connectivity index (χ2v) is 6.07. The summed E-state index contributed by atoms with van der Waals surface area (Å²) in [7, 11) is -3.08. The predicted octanol–water partition coefficient (Wildman–Crippen LogP) is 1.13. The first kappa shape index (κ1) is 16.2. The Bertz CT molecular complexity index is 263. The Hall–Kier alpha value is 0.160. The highest BCUT2D eigenvalue weighted by Crippen LogP contribution is 2.11. The molecular weight excluding hydrogens is 248 g/mol. The molecule has 0 aromatic carbocycles. The summed E-state index contributed by atoms with van der Waals surface area (Å²) in [6.07, 6.45) is 2.77. The summed E-state index contributed by atoms with van der Waals surface area (Å²) < 4.78 is 26.3. The summed E-state index contributed by atoms with van der Waals surface area (Å²) >= 11 is 0. The molecule has 1 heterocycles. The molecule has 0 aromatic heterocycles. The van der Waals surface area contributed by atoms with Gasteiger partial charge in [0.2, 0.25) is 10.0 Å². The molecule has 0 amide bonds. The molecule has 0 radical (unpaired) electrons. The topological polar surface area (TPSA) is 58.2 Å². The minimum atomic E-state index is -3.08. The third kappa shape index (κ3) is 5.48. The maximum Gasteiger partial charge on any atom is 0.212 e. The average Bonchev–Trinajstić information content (AvgIpc) is 2.66. The molecule has 1 saturated heterocycles. The van der Waals surface area contributed by atoms with Crippen LogP contribution in [-0.4, -0.2) is 33.3 Å². The molecule has 1 fully saturated rings. The van der Waals surface area contributed by atoms with Crippen molar-refractivity contribution in [1.82, 2.24) is 10.0 Å². The van der Waals surface area contributed by atoms with Crippen LogP contribution < -0.4 is 10.0 Å². The van der Waals surface area contributed by atoms with Gasteiger partial charge in [0.05, 0.1) is 5.75 Å². The monoisotopic (exact) mass is 270 g/mol. The summed E-state index contributed by atoms with van der Waals surface area (Å²) in [4.78, 5) is 0. The van der Waals surface area contributed by atoms with Crippen molar-refractivity contribution in [2.45, 2.75) is 39.2 Å². The lowest BCUT2D eigenvalue weighted by Crippen LogP contribution is -2.39. The van der Waals surface area contributed by atoms with E-state index in [0.717, 1.165) is 32.4 Å². The van der Waals surface area contributed by atoms with Gasteiger partial charge in [0.1, 0.15) is 0 Å². The maximum atomic E-state index is 11.8. The van der Waals surface area contributed by atoms with Gasteiger partial charge in [-0.15, -0.1) is 12.4 Å². The second kappa shape index (κ2) is 7.48. The predicted molar refractivity (Wildman–Crippen MR) is 69.5 cm³/mol. The quantitative estimate of drug-likeness (QED) is 0.761. The standard InChI is InChI=1S/C10H22N2O2S.ClH/c1-3-9(4-2)8-15(13,14)12-10-5-6-11-7-10;/h9-12H,3-8H2,1-2H3;1H. The lowest BCUT2D eigenvalue weighted by molar-refractivity contribution is 0.508. The van der Waals surface area contributed by atoms with E-state index in [0.29, 0.717) is 0 Å². The molecule has 6 heteroatoms. The van der Waals surface area contributed by atoms with Crippen molar-refractivity contribution in [2.75, 3.05) is 18.8 Å². The molecule has 0 aromatic rings. The van der Waals surface area contributed by atoms with Gasteiger partial charge in [0, 0.05) is 12.6 Å². The second-order valence-electron chi connectivity index (χ2n) is 4.27. The zero-order valence-corrected chi connectivity index (χ0v) is 11.7. The minimum absolute atomic E-state index is 0. The number of rotatable bonds is 6. The molecule has 4 nitrogen and oxygen atoms in total. The fourth-order valence-corrected chi connectivity index (χ4v) is 3.79. The van der Waals surface area contributed by atoms with Crippen molar-refractivity contribution < 1.29 is 8.42 Å². The fourth-order valence-electron chi connectivity index (χ4n) is 1.89. The molecule has 1 unspecified atom stereocenters. The van der Waals surface area contributed by atoms with Gasteiger partial charge in [0.15, 0.2) is 0 Å². The van der Waals surface area contributed by atoms with Gasteiger partial charge < -0.3 is 5.32 Å². The normalized spacial score (nSPS) is 21.1. The van der Waals surface area contributed by atoms with Crippen LogP contribution in [-0.2, 0) is 10.0 Å². The Labute approximate surface area is 105 Å². The highest BCUT2D eigenvalue weighted by Gasteiger charge is 2.22. The Kier molecular flexibility index (Phi) is 7.55. The van der Waals surface area contributed by atoms with E-state index in [1.165, 1.54) is 0 Å². The lowest BCUT2D eigenvalue weighted by Gasteiger charge is -2.16. The van der Waals surface area contributed by atoms with Gasteiger partial charge in [-0.1, -0.05) is 26.7 Å². The van der Waals surface area contributed by atoms with Crippen molar-refractivity contribution in [1.29, 1.82) is 0 Å². The SMILES string of the molecule is CCC(CC)CS(=O)(=O)NC1CCNC1.Cl. The highest BCUT2D eigenvalue weighted by molar-refractivity contribution is 7.89. The number of sulfonamides is 1. The molecule has 0 bridgehead atoms. The first-order chi connectivity index (χ1) is 7.07.